The molecule has 0 bridgehead atoms. The second-order valence-corrected chi connectivity index (χ2v) is 3.64. The molecule has 0 aliphatic carbocycles. The van der Waals surface area contributed by atoms with Crippen LogP contribution in [0.4, 0.5) is 11.5 Å². The number of benzene rings is 1. The molecule has 0 radical (unpaired) electrons. The van der Waals surface area contributed by atoms with Crippen LogP contribution < -0.4 is 15.8 Å². The third-order valence-electron chi connectivity index (χ3n) is 2.32. The van der Waals surface area contributed by atoms with Gasteiger partial charge in [-0.05, 0) is 18.6 Å². The zero-order chi connectivity index (χ0) is 11.9. The molecule has 0 amide bonds. The number of nitrogens with zero attached hydrogens (tertiary/aromatic N) is 1. The summed E-state index contributed by atoms with van der Waals surface area (Å²) in [6, 6.07) is 9.78. The van der Waals surface area contributed by atoms with Crippen LogP contribution >= 0.6 is 0 Å². The van der Waals surface area contributed by atoms with E-state index in [1.807, 2.05) is 30.3 Å². The maximum absolute atomic E-state index is 5.63. The molecular formula is C12H16N4O. The number of H-pyrrole nitrogens is 1. The van der Waals surface area contributed by atoms with E-state index in [9.17, 15) is 0 Å². The van der Waals surface area contributed by atoms with Crippen molar-refractivity contribution in [3.05, 3.63) is 36.5 Å². The molecule has 4 N–H and O–H groups in total. The van der Waals surface area contributed by atoms with Crippen molar-refractivity contribution < 1.29 is 4.74 Å². The summed E-state index contributed by atoms with van der Waals surface area (Å²) in [7, 11) is 0. The Morgan fingerprint density at radius 2 is 2.12 bits per heavy atom. The summed E-state index contributed by atoms with van der Waals surface area (Å²) >= 11 is 0. The summed E-state index contributed by atoms with van der Waals surface area (Å²) in [5.41, 5.74) is 6.47. The molecular weight excluding hydrogens is 216 g/mol. The van der Waals surface area contributed by atoms with Gasteiger partial charge in [0.15, 0.2) is 0 Å². The minimum atomic E-state index is 0.564. The topological polar surface area (TPSA) is 76.0 Å². The Morgan fingerprint density at radius 1 is 1.29 bits per heavy atom. The summed E-state index contributed by atoms with van der Waals surface area (Å²) in [6.07, 6.45) is 2.58. The minimum Gasteiger partial charge on any atom is -0.494 e. The van der Waals surface area contributed by atoms with Crippen LogP contribution in [-0.4, -0.2) is 23.3 Å². The Hall–Kier alpha value is -2.17. The molecule has 5 nitrogen and oxygen atoms in total. The lowest BCUT2D eigenvalue weighted by Crippen LogP contribution is -2.07. The molecule has 5 heteroatoms. The van der Waals surface area contributed by atoms with Crippen molar-refractivity contribution >= 4 is 11.5 Å². The van der Waals surface area contributed by atoms with Crippen LogP contribution in [0.5, 0.6) is 5.75 Å². The molecule has 0 saturated carbocycles. The van der Waals surface area contributed by atoms with Gasteiger partial charge in [-0.2, -0.15) is 5.10 Å². The van der Waals surface area contributed by atoms with E-state index in [1.165, 1.54) is 0 Å². The lowest BCUT2D eigenvalue weighted by Gasteiger charge is -2.07. The molecule has 0 aliphatic heterocycles. The van der Waals surface area contributed by atoms with Gasteiger partial charge >= 0.3 is 0 Å². The van der Waals surface area contributed by atoms with Gasteiger partial charge in [0.05, 0.1) is 18.5 Å². The molecule has 2 aromatic rings. The number of para-hydroxylation sites is 1. The number of rotatable bonds is 6. The van der Waals surface area contributed by atoms with Crippen molar-refractivity contribution in [3.63, 3.8) is 0 Å². The molecule has 0 saturated heterocycles. The number of nitrogens with two attached hydrogens (primary N) is 1. The van der Waals surface area contributed by atoms with Crippen LogP contribution in [0.1, 0.15) is 6.42 Å². The van der Waals surface area contributed by atoms with E-state index in [-0.39, 0.29) is 0 Å². The standard InChI is InChI=1S/C12H16N4O/c13-12-11(9-15-16-12)14-7-4-8-17-10-5-2-1-3-6-10/h1-3,5-6,9,14H,4,7-8H2,(H3,13,15,16). The number of nitrogens with one attached hydrogen (secondary N) is 2. The monoisotopic (exact) mass is 232 g/mol. The third-order valence-corrected chi connectivity index (χ3v) is 2.32. The van der Waals surface area contributed by atoms with E-state index in [0.29, 0.717) is 12.4 Å². The van der Waals surface area contributed by atoms with E-state index in [1.54, 1.807) is 6.20 Å². The number of anilines is 2. The van der Waals surface area contributed by atoms with Gasteiger partial charge in [-0.1, -0.05) is 18.2 Å². The second-order valence-electron chi connectivity index (χ2n) is 3.64. The number of hydrogen-bond donors (Lipinski definition) is 3. The zero-order valence-electron chi connectivity index (χ0n) is 9.52. The first-order chi connectivity index (χ1) is 8.36. The Labute approximate surface area is 100.0 Å². The van der Waals surface area contributed by atoms with Gasteiger partial charge in [0, 0.05) is 6.54 Å². The van der Waals surface area contributed by atoms with Crippen LogP contribution in [0.25, 0.3) is 0 Å². The van der Waals surface area contributed by atoms with E-state index in [0.717, 1.165) is 24.4 Å². The van der Waals surface area contributed by atoms with Crippen molar-refractivity contribution in [2.75, 3.05) is 24.2 Å². The molecule has 2 rings (SSSR count). The number of nitrogen functional groups attached to an aromatic ring is 1. The SMILES string of the molecule is Nc1[nH]ncc1NCCCOc1ccccc1. The highest BCUT2D eigenvalue weighted by molar-refractivity contribution is 5.59. The second kappa shape index (κ2) is 5.79. The Balaban J connectivity index is 1.63. The van der Waals surface area contributed by atoms with E-state index in [4.69, 9.17) is 10.5 Å². The molecule has 90 valence electrons. The lowest BCUT2D eigenvalue weighted by atomic mass is 10.3. The number of ether oxygens (including phenoxy) is 1. The maximum atomic E-state index is 5.63. The summed E-state index contributed by atoms with van der Waals surface area (Å²) in [4.78, 5) is 0. The highest BCUT2D eigenvalue weighted by atomic mass is 16.5. The average Bonchev–Trinajstić information content (AvgIpc) is 2.76. The largest absolute Gasteiger partial charge is 0.494 e. The molecule has 1 aromatic heterocycles. The number of aromatic nitrogens is 2. The van der Waals surface area contributed by atoms with E-state index in [2.05, 4.69) is 15.5 Å². The first-order valence-electron chi connectivity index (χ1n) is 5.57. The lowest BCUT2D eigenvalue weighted by molar-refractivity contribution is 0.315. The van der Waals surface area contributed by atoms with Crippen molar-refractivity contribution in [1.82, 2.24) is 10.2 Å². The van der Waals surface area contributed by atoms with Gasteiger partial charge in [0.2, 0.25) is 0 Å². The fourth-order valence-electron chi connectivity index (χ4n) is 1.44. The molecule has 17 heavy (non-hydrogen) atoms. The molecule has 0 spiro atoms. The Morgan fingerprint density at radius 3 is 2.82 bits per heavy atom. The smallest absolute Gasteiger partial charge is 0.142 e. The highest BCUT2D eigenvalue weighted by Crippen LogP contribution is 2.12. The molecule has 0 unspecified atom stereocenters. The van der Waals surface area contributed by atoms with E-state index >= 15 is 0 Å². The van der Waals surface area contributed by atoms with Crippen LogP contribution in [0.3, 0.4) is 0 Å². The van der Waals surface area contributed by atoms with Gasteiger partial charge < -0.3 is 15.8 Å². The number of aromatic amines is 1. The molecule has 1 heterocycles. The van der Waals surface area contributed by atoms with Gasteiger partial charge in [-0.15, -0.1) is 0 Å². The normalized spacial score (nSPS) is 10.1. The van der Waals surface area contributed by atoms with Crippen molar-refractivity contribution in [1.29, 1.82) is 0 Å². The highest BCUT2D eigenvalue weighted by Gasteiger charge is 1.98. The average molecular weight is 232 g/mol. The zero-order valence-corrected chi connectivity index (χ0v) is 9.52. The van der Waals surface area contributed by atoms with Gasteiger partial charge in [0.1, 0.15) is 11.6 Å². The van der Waals surface area contributed by atoms with Gasteiger partial charge in [0.25, 0.3) is 0 Å². The van der Waals surface area contributed by atoms with Crippen molar-refractivity contribution in [2.45, 2.75) is 6.42 Å². The molecule has 1 aromatic carbocycles. The quantitative estimate of drug-likeness (QED) is 0.664. The van der Waals surface area contributed by atoms with Crippen LogP contribution in [0, 0.1) is 0 Å². The van der Waals surface area contributed by atoms with Crippen LogP contribution in [0.2, 0.25) is 0 Å². The minimum absolute atomic E-state index is 0.564. The van der Waals surface area contributed by atoms with Crippen LogP contribution in [-0.2, 0) is 0 Å². The van der Waals surface area contributed by atoms with Gasteiger partial charge in [-0.25, -0.2) is 0 Å². The Kier molecular flexibility index (Phi) is 3.85. The van der Waals surface area contributed by atoms with E-state index < -0.39 is 0 Å². The van der Waals surface area contributed by atoms with Crippen molar-refractivity contribution in [3.8, 4) is 5.75 Å². The fraction of sp³-hybridized carbons (Fsp3) is 0.250. The summed E-state index contributed by atoms with van der Waals surface area (Å²) in [5, 5.41) is 9.67. The summed E-state index contributed by atoms with van der Waals surface area (Å²) in [5.74, 6) is 1.46. The summed E-state index contributed by atoms with van der Waals surface area (Å²) in [6.45, 7) is 1.48. The first-order valence-corrected chi connectivity index (χ1v) is 5.57. The first kappa shape index (κ1) is 11.3. The predicted molar refractivity (Wildman–Crippen MR) is 68.0 cm³/mol. The molecule has 0 atom stereocenters. The molecule has 0 fully saturated rings. The maximum Gasteiger partial charge on any atom is 0.142 e. The fourth-order valence-corrected chi connectivity index (χ4v) is 1.44. The van der Waals surface area contributed by atoms with Crippen molar-refractivity contribution in [2.24, 2.45) is 0 Å². The predicted octanol–water partition coefficient (Wildman–Crippen LogP) is 1.87. The Bertz CT molecular complexity index is 441. The number of hydrogen-bond acceptors (Lipinski definition) is 4. The van der Waals surface area contributed by atoms with Crippen LogP contribution in [0.15, 0.2) is 36.5 Å². The van der Waals surface area contributed by atoms with Gasteiger partial charge in [-0.3, -0.25) is 5.10 Å². The third kappa shape index (κ3) is 3.41. The summed E-state index contributed by atoms with van der Waals surface area (Å²) < 4.78 is 5.56. The molecule has 0 aliphatic rings.